The maximum Gasteiger partial charge on any atom is 0.251 e. The lowest BCUT2D eigenvalue weighted by Gasteiger charge is -2.08. The summed E-state index contributed by atoms with van der Waals surface area (Å²) in [5.74, 6) is 0.654. The molecule has 0 radical (unpaired) electrons. The molecular formula is C11H15N5O. The third-order valence-corrected chi connectivity index (χ3v) is 2.26. The Balaban J connectivity index is 2.41. The van der Waals surface area contributed by atoms with Crippen molar-refractivity contribution in [3.8, 4) is 11.3 Å². The number of aromatic amines is 1. The first kappa shape index (κ1) is 11.5. The van der Waals surface area contributed by atoms with Gasteiger partial charge in [-0.05, 0) is 14.1 Å². The quantitative estimate of drug-likeness (QED) is 0.824. The van der Waals surface area contributed by atoms with Crippen LogP contribution in [0.15, 0.2) is 23.3 Å². The van der Waals surface area contributed by atoms with E-state index < -0.39 is 0 Å². The van der Waals surface area contributed by atoms with Gasteiger partial charge in [-0.3, -0.25) is 9.48 Å². The van der Waals surface area contributed by atoms with E-state index >= 15 is 0 Å². The number of H-pyrrole nitrogens is 1. The Hall–Kier alpha value is -1.95. The van der Waals surface area contributed by atoms with Crippen LogP contribution in [0.2, 0.25) is 0 Å². The monoisotopic (exact) mass is 233 g/mol. The predicted octanol–water partition coefficient (Wildman–Crippen LogP) is 0.232. The molecule has 17 heavy (non-hydrogen) atoms. The van der Waals surface area contributed by atoms with Gasteiger partial charge in [-0.25, -0.2) is 4.98 Å². The fourth-order valence-corrected chi connectivity index (χ4v) is 1.58. The van der Waals surface area contributed by atoms with Crippen molar-refractivity contribution in [3.05, 3.63) is 34.6 Å². The summed E-state index contributed by atoms with van der Waals surface area (Å²) in [6.45, 7) is 0.601. The van der Waals surface area contributed by atoms with Gasteiger partial charge in [0.15, 0.2) is 0 Å². The van der Waals surface area contributed by atoms with E-state index in [0.717, 1.165) is 5.56 Å². The van der Waals surface area contributed by atoms with Crippen molar-refractivity contribution in [1.82, 2.24) is 24.6 Å². The molecule has 0 aliphatic rings. The summed E-state index contributed by atoms with van der Waals surface area (Å²) >= 11 is 0. The third-order valence-electron chi connectivity index (χ3n) is 2.26. The van der Waals surface area contributed by atoms with Crippen LogP contribution in [0.3, 0.4) is 0 Å². The minimum Gasteiger partial charge on any atom is -0.309 e. The predicted molar refractivity (Wildman–Crippen MR) is 64.5 cm³/mol. The van der Waals surface area contributed by atoms with Crippen molar-refractivity contribution >= 4 is 0 Å². The molecule has 2 aromatic heterocycles. The highest BCUT2D eigenvalue weighted by atomic mass is 16.1. The summed E-state index contributed by atoms with van der Waals surface area (Å²) < 4.78 is 1.68. The number of nitrogens with zero attached hydrogens (tertiary/aromatic N) is 4. The lowest BCUT2D eigenvalue weighted by molar-refractivity contribution is 0.390. The fraction of sp³-hybridized carbons (Fsp3) is 0.364. The van der Waals surface area contributed by atoms with Crippen molar-refractivity contribution in [2.75, 3.05) is 14.1 Å². The third kappa shape index (κ3) is 2.79. The lowest BCUT2D eigenvalue weighted by Crippen LogP contribution is -2.18. The van der Waals surface area contributed by atoms with Gasteiger partial charge in [0.25, 0.3) is 5.56 Å². The van der Waals surface area contributed by atoms with Crippen LogP contribution < -0.4 is 5.56 Å². The molecule has 1 N–H and O–H groups in total. The van der Waals surface area contributed by atoms with E-state index in [0.29, 0.717) is 18.1 Å². The minimum absolute atomic E-state index is 0.143. The Bertz CT molecular complexity index is 569. The topological polar surface area (TPSA) is 66.8 Å². The molecule has 6 heteroatoms. The SMILES string of the molecule is CN(C)Cc1nc(-c2cnn(C)c2)cc(=O)[nH]1. The summed E-state index contributed by atoms with van der Waals surface area (Å²) in [5.41, 5.74) is 1.35. The molecule has 2 rings (SSSR count). The number of hydrogen-bond donors (Lipinski definition) is 1. The highest BCUT2D eigenvalue weighted by Gasteiger charge is 2.06. The highest BCUT2D eigenvalue weighted by molar-refractivity contribution is 5.56. The lowest BCUT2D eigenvalue weighted by atomic mass is 10.2. The number of aryl methyl sites for hydroxylation is 1. The molecule has 0 aromatic carbocycles. The molecule has 6 nitrogen and oxygen atoms in total. The van der Waals surface area contributed by atoms with Crippen molar-refractivity contribution in [3.63, 3.8) is 0 Å². The van der Waals surface area contributed by atoms with Gasteiger partial charge in [-0.2, -0.15) is 5.10 Å². The van der Waals surface area contributed by atoms with E-state index in [-0.39, 0.29) is 5.56 Å². The second kappa shape index (κ2) is 4.50. The molecule has 0 bridgehead atoms. The summed E-state index contributed by atoms with van der Waals surface area (Å²) in [6.07, 6.45) is 3.53. The summed E-state index contributed by atoms with van der Waals surface area (Å²) in [6, 6.07) is 1.48. The molecule has 0 aliphatic carbocycles. The van der Waals surface area contributed by atoms with Crippen LogP contribution in [0.25, 0.3) is 11.3 Å². The van der Waals surface area contributed by atoms with E-state index in [1.54, 1.807) is 10.9 Å². The average Bonchev–Trinajstić information content (AvgIpc) is 2.62. The summed E-state index contributed by atoms with van der Waals surface area (Å²) in [5, 5.41) is 4.07. The van der Waals surface area contributed by atoms with Crippen molar-refractivity contribution < 1.29 is 0 Å². The normalized spacial score (nSPS) is 11.1. The van der Waals surface area contributed by atoms with Crippen LogP contribution >= 0.6 is 0 Å². The molecule has 90 valence electrons. The Kier molecular flexibility index (Phi) is 3.06. The maximum atomic E-state index is 11.5. The number of rotatable bonds is 3. The van der Waals surface area contributed by atoms with Gasteiger partial charge in [0.2, 0.25) is 0 Å². The van der Waals surface area contributed by atoms with E-state index in [9.17, 15) is 4.79 Å². The molecule has 0 saturated carbocycles. The van der Waals surface area contributed by atoms with Crippen molar-refractivity contribution in [2.45, 2.75) is 6.54 Å². The Labute approximate surface area is 98.9 Å². The van der Waals surface area contributed by atoms with Crippen molar-refractivity contribution in [2.24, 2.45) is 7.05 Å². The Morgan fingerprint density at radius 1 is 1.47 bits per heavy atom. The molecule has 0 fully saturated rings. The molecular weight excluding hydrogens is 218 g/mol. The van der Waals surface area contributed by atoms with E-state index in [4.69, 9.17) is 0 Å². The second-order valence-electron chi connectivity index (χ2n) is 4.22. The average molecular weight is 233 g/mol. The molecule has 2 aromatic rings. The van der Waals surface area contributed by atoms with Gasteiger partial charge in [-0.1, -0.05) is 0 Å². The van der Waals surface area contributed by atoms with Crippen LogP contribution in [0.5, 0.6) is 0 Å². The Morgan fingerprint density at radius 3 is 2.82 bits per heavy atom. The first-order valence-corrected chi connectivity index (χ1v) is 5.28. The molecule has 0 saturated heterocycles. The van der Waals surface area contributed by atoms with Crippen LogP contribution in [0.1, 0.15) is 5.82 Å². The fourth-order valence-electron chi connectivity index (χ4n) is 1.58. The minimum atomic E-state index is -0.143. The summed E-state index contributed by atoms with van der Waals surface area (Å²) in [4.78, 5) is 20.6. The van der Waals surface area contributed by atoms with Gasteiger partial charge >= 0.3 is 0 Å². The van der Waals surface area contributed by atoms with Crippen LogP contribution in [-0.2, 0) is 13.6 Å². The van der Waals surface area contributed by atoms with Crippen LogP contribution in [-0.4, -0.2) is 38.7 Å². The van der Waals surface area contributed by atoms with Gasteiger partial charge in [0.1, 0.15) is 5.82 Å². The van der Waals surface area contributed by atoms with Gasteiger partial charge < -0.3 is 9.88 Å². The van der Waals surface area contributed by atoms with E-state index in [1.807, 2.05) is 32.2 Å². The molecule has 0 amide bonds. The molecule has 0 aliphatic heterocycles. The van der Waals surface area contributed by atoms with Gasteiger partial charge in [-0.15, -0.1) is 0 Å². The molecule has 0 atom stereocenters. The zero-order valence-corrected chi connectivity index (χ0v) is 10.1. The first-order chi connectivity index (χ1) is 8.04. The number of hydrogen-bond acceptors (Lipinski definition) is 4. The molecule has 2 heterocycles. The largest absolute Gasteiger partial charge is 0.309 e. The zero-order valence-electron chi connectivity index (χ0n) is 10.1. The molecule has 0 spiro atoms. The Morgan fingerprint density at radius 2 is 2.24 bits per heavy atom. The van der Waals surface area contributed by atoms with Crippen LogP contribution in [0.4, 0.5) is 0 Å². The number of aromatic nitrogens is 4. The highest BCUT2D eigenvalue weighted by Crippen LogP contribution is 2.13. The van der Waals surface area contributed by atoms with Crippen LogP contribution in [0, 0.1) is 0 Å². The van der Waals surface area contributed by atoms with Gasteiger partial charge in [0, 0.05) is 24.9 Å². The molecule has 0 unspecified atom stereocenters. The van der Waals surface area contributed by atoms with Gasteiger partial charge in [0.05, 0.1) is 18.4 Å². The second-order valence-corrected chi connectivity index (χ2v) is 4.22. The smallest absolute Gasteiger partial charge is 0.251 e. The first-order valence-electron chi connectivity index (χ1n) is 5.28. The van der Waals surface area contributed by atoms with E-state index in [1.165, 1.54) is 6.07 Å². The summed E-state index contributed by atoms with van der Waals surface area (Å²) in [7, 11) is 5.69. The standard InChI is InChI=1S/C11H15N5O/c1-15(2)7-10-13-9(4-11(17)14-10)8-5-12-16(3)6-8/h4-6H,7H2,1-3H3,(H,13,14,17). The maximum absolute atomic E-state index is 11.5. The zero-order chi connectivity index (χ0) is 12.4. The number of nitrogens with one attached hydrogen (secondary N) is 1. The van der Waals surface area contributed by atoms with Crippen molar-refractivity contribution in [1.29, 1.82) is 0 Å². The van der Waals surface area contributed by atoms with E-state index in [2.05, 4.69) is 15.1 Å².